The van der Waals surface area contributed by atoms with E-state index in [9.17, 15) is 9.18 Å². The normalized spacial score (nSPS) is 13.8. The number of hydrogen-bond donors (Lipinski definition) is 0. The largest absolute Gasteiger partial charge is 0.307 e. The van der Waals surface area contributed by atoms with Gasteiger partial charge in [0.15, 0.2) is 0 Å². The zero-order valence-corrected chi connectivity index (χ0v) is 14.1. The smallest absolute Gasteiger partial charge is 0.231 e. The minimum absolute atomic E-state index is 0.0578. The van der Waals surface area contributed by atoms with E-state index in [-0.39, 0.29) is 11.7 Å². The van der Waals surface area contributed by atoms with Crippen molar-refractivity contribution in [3.63, 3.8) is 0 Å². The molecular formula is C15H10BrFINO. The highest BCUT2D eigenvalue weighted by Crippen LogP contribution is 2.31. The average molecular weight is 446 g/mol. The Morgan fingerprint density at radius 2 is 2.05 bits per heavy atom. The van der Waals surface area contributed by atoms with Gasteiger partial charge in [0.25, 0.3) is 0 Å². The van der Waals surface area contributed by atoms with Gasteiger partial charge in [0.1, 0.15) is 5.82 Å². The Kier molecular flexibility index (Phi) is 3.81. The van der Waals surface area contributed by atoms with Crippen LogP contribution in [-0.4, -0.2) is 5.91 Å². The van der Waals surface area contributed by atoms with Crippen molar-refractivity contribution in [2.45, 2.75) is 13.0 Å². The summed E-state index contributed by atoms with van der Waals surface area (Å²) < 4.78 is 15.2. The second kappa shape index (κ2) is 5.44. The van der Waals surface area contributed by atoms with Crippen LogP contribution in [0.15, 0.2) is 40.9 Å². The van der Waals surface area contributed by atoms with Crippen LogP contribution in [0.3, 0.4) is 0 Å². The highest BCUT2D eigenvalue weighted by molar-refractivity contribution is 14.1. The van der Waals surface area contributed by atoms with Crippen molar-refractivity contribution in [1.82, 2.24) is 0 Å². The molecule has 0 saturated heterocycles. The van der Waals surface area contributed by atoms with E-state index in [1.807, 2.05) is 24.3 Å². The predicted octanol–water partition coefficient (Wildman–Crippen LogP) is 4.28. The van der Waals surface area contributed by atoms with E-state index < -0.39 is 0 Å². The molecule has 0 saturated carbocycles. The molecule has 2 nitrogen and oxygen atoms in total. The summed E-state index contributed by atoms with van der Waals surface area (Å²) in [6.45, 7) is 0.392. The van der Waals surface area contributed by atoms with Gasteiger partial charge in [-0.25, -0.2) is 4.39 Å². The van der Waals surface area contributed by atoms with Crippen LogP contribution in [0.4, 0.5) is 10.1 Å². The molecule has 1 heterocycles. The lowest BCUT2D eigenvalue weighted by atomic mass is 10.1. The summed E-state index contributed by atoms with van der Waals surface area (Å²) in [6.07, 6.45) is 0.419. The molecule has 20 heavy (non-hydrogen) atoms. The zero-order chi connectivity index (χ0) is 14.3. The third-order valence-electron chi connectivity index (χ3n) is 3.24. The molecule has 2 aromatic carbocycles. The Morgan fingerprint density at radius 3 is 2.80 bits per heavy atom. The number of halogens is 3. The Bertz CT molecular complexity index is 684. The van der Waals surface area contributed by atoms with Gasteiger partial charge < -0.3 is 4.90 Å². The highest BCUT2D eigenvalue weighted by atomic mass is 127. The van der Waals surface area contributed by atoms with Crippen molar-refractivity contribution < 1.29 is 9.18 Å². The Hall–Kier alpha value is -0.950. The second-order valence-electron chi connectivity index (χ2n) is 4.71. The maximum atomic E-state index is 13.4. The first-order valence-corrected chi connectivity index (χ1v) is 7.94. The maximum Gasteiger partial charge on any atom is 0.231 e. The molecular weight excluding hydrogens is 436 g/mol. The van der Waals surface area contributed by atoms with Gasteiger partial charge in [-0.15, -0.1) is 0 Å². The summed E-state index contributed by atoms with van der Waals surface area (Å²) in [7, 11) is 0. The zero-order valence-electron chi connectivity index (χ0n) is 10.4. The molecule has 0 N–H and O–H groups in total. The molecule has 0 atom stereocenters. The topological polar surface area (TPSA) is 20.3 Å². The molecule has 1 aliphatic rings. The number of rotatable bonds is 2. The van der Waals surface area contributed by atoms with Crippen molar-refractivity contribution in [2.24, 2.45) is 0 Å². The minimum Gasteiger partial charge on any atom is -0.307 e. The number of hydrogen-bond acceptors (Lipinski definition) is 1. The number of nitrogens with zero attached hydrogens (tertiary/aromatic N) is 1. The van der Waals surface area contributed by atoms with Crippen LogP contribution in [0.5, 0.6) is 0 Å². The standard InChI is InChI=1S/C15H10BrFINO/c16-11-3-9(4-12(17)7-11)8-19-14-2-1-13(18)5-10(14)6-15(19)20/h1-5,7H,6,8H2. The van der Waals surface area contributed by atoms with Gasteiger partial charge in [0.2, 0.25) is 5.91 Å². The van der Waals surface area contributed by atoms with Gasteiger partial charge in [-0.05, 0) is 70.1 Å². The third-order valence-corrected chi connectivity index (χ3v) is 4.37. The van der Waals surface area contributed by atoms with Gasteiger partial charge >= 0.3 is 0 Å². The summed E-state index contributed by atoms with van der Waals surface area (Å²) in [5.41, 5.74) is 2.74. The molecule has 2 aromatic rings. The van der Waals surface area contributed by atoms with Crippen LogP contribution < -0.4 is 4.90 Å². The lowest BCUT2D eigenvalue weighted by Crippen LogP contribution is -2.26. The van der Waals surface area contributed by atoms with Gasteiger partial charge in [-0.2, -0.15) is 0 Å². The van der Waals surface area contributed by atoms with Crippen LogP contribution in [0, 0.1) is 9.39 Å². The van der Waals surface area contributed by atoms with Gasteiger partial charge in [0, 0.05) is 13.7 Å². The van der Waals surface area contributed by atoms with Crippen LogP contribution in [0.25, 0.3) is 0 Å². The minimum atomic E-state index is -0.302. The Labute approximate surface area is 138 Å². The summed E-state index contributed by atoms with van der Waals surface area (Å²) in [5.74, 6) is -0.244. The van der Waals surface area contributed by atoms with Crippen LogP contribution in [0.1, 0.15) is 11.1 Å². The first-order valence-electron chi connectivity index (χ1n) is 6.07. The van der Waals surface area contributed by atoms with E-state index in [1.54, 1.807) is 4.90 Å². The fourth-order valence-electron chi connectivity index (χ4n) is 2.41. The quantitative estimate of drug-likeness (QED) is 0.632. The summed E-state index contributed by atoms with van der Waals surface area (Å²) in [5, 5.41) is 0. The lowest BCUT2D eigenvalue weighted by molar-refractivity contribution is -0.117. The number of benzene rings is 2. The Balaban J connectivity index is 1.94. The summed E-state index contributed by atoms with van der Waals surface area (Å²) in [6, 6.07) is 10.7. The highest BCUT2D eigenvalue weighted by Gasteiger charge is 2.27. The Morgan fingerprint density at radius 1 is 1.25 bits per heavy atom. The molecule has 0 aromatic heterocycles. The summed E-state index contributed by atoms with van der Waals surface area (Å²) >= 11 is 5.51. The van der Waals surface area contributed by atoms with E-state index in [2.05, 4.69) is 38.5 Å². The molecule has 1 aliphatic heterocycles. The monoisotopic (exact) mass is 445 g/mol. The molecule has 0 spiro atoms. The van der Waals surface area contributed by atoms with E-state index in [0.29, 0.717) is 17.4 Å². The number of amides is 1. The van der Waals surface area contributed by atoms with Crippen molar-refractivity contribution in [3.05, 3.63) is 61.4 Å². The molecule has 3 rings (SSSR count). The van der Waals surface area contributed by atoms with Crippen molar-refractivity contribution >= 4 is 50.1 Å². The van der Waals surface area contributed by atoms with Gasteiger partial charge in [-0.3, -0.25) is 4.79 Å². The van der Waals surface area contributed by atoms with Crippen molar-refractivity contribution in [1.29, 1.82) is 0 Å². The second-order valence-corrected chi connectivity index (χ2v) is 6.87. The molecule has 102 valence electrons. The number of anilines is 1. The predicted molar refractivity (Wildman–Crippen MR) is 88.2 cm³/mol. The molecule has 0 unspecified atom stereocenters. The fourth-order valence-corrected chi connectivity index (χ4v) is 3.48. The van der Waals surface area contributed by atoms with E-state index in [4.69, 9.17) is 0 Å². The molecule has 0 bridgehead atoms. The lowest BCUT2D eigenvalue weighted by Gasteiger charge is -2.18. The van der Waals surface area contributed by atoms with E-state index in [1.165, 1.54) is 12.1 Å². The number of carbonyl (C=O) groups is 1. The fraction of sp³-hybridized carbons (Fsp3) is 0.133. The van der Waals surface area contributed by atoms with E-state index >= 15 is 0 Å². The van der Waals surface area contributed by atoms with Crippen molar-refractivity contribution in [2.75, 3.05) is 4.90 Å². The van der Waals surface area contributed by atoms with E-state index in [0.717, 1.165) is 20.4 Å². The molecule has 0 radical (unpaired) electrons. The molecule has 5 heteroatoms. The first kappa shape index (κ1) is 14.0. The summed E-state index contributed by atoms with van der Waals surface area (Å²) in [4.78, 5) is 13.8. The van der Waals surface area contributed by atoms with Crippen LogP contribution in [0.2, 0.25) is 0 Å². The van der Waals surface area contributed by atoms with Crippen molar-refractivity contribution in [3.8, 4) is 0 Å². The first-order chi connectivity index (χ1) is 9.52. The number of fused-ring (bicyclic) bond motifs is 1. The molecule has 1 amide bonds. The SMILES string of the molecule is O=C1Cc2cc(I)ccc2N1Cc1cc(F)cc(Br)c1. The van der Waals surface area contributed by atoms with Gasteiger partial charge in [0.05, 0.1) is 13.0 Å². The average Bonchev–Trinajstić information content (AvgIpc) is 2.64. The maximum absolute atomic E-state index is 13.4. The van der Waals surface area contributed by atoms with Crippen LogP contribution >= 0.6 is 38.5 Å². The number of carbonyl (C=O) groups excluding carboxylic acids is 1. The van der Waals surface area contributed by atoms with Gasteiger partial charge in [-0.1, -0.05) is 15.9 Å². The van der Waals surface area contributed by atoms with Crippen LogP contribution in [-0.2, 0) is 17.8 Å². The molecule has 0 aliphatic carbocycles. The third kappa shape index (κ3) is 2.74. The molecule has 0 fully saturated rings.